The molecule has 0 amide bonds. The second-order valence-electron chi connectivity index (χ2n) is 8.24. The normalized spacial score (nSPS) is 12.1. The van der Waals surface area contributed by atoms with Crippen LogP contribution in [0.3, 0.4) is 0 Å². The molecule has 9 nitrogen and oxygen atoms in total. The number of benzene rings is 2. The first-order valence-corrected chi connectivity index (χ1v) is 12.1. The number of rotatable bonds is 5. The van der Waals surface area contributed by atoms with Gasteiger partial charge in [-0.1, -0.05) is 36.4 Å². The molecule has 176 valence electrons. The highest BCUT2D eigenvalue weighted by molar-refractivity contribution is 7.16. The molecule has 4 aromatic heterocycles. The number of nitrogens with two attached hydrogens (primary N) is 1. The molecule has 3 N–H and O–H groups in total. The maximum absolute atomic E-state index is 14.2. The molecule has 1 atom stereocenters. The zero-order chi connectivity index (χ0) is 24.6. The van der Waals surface area contributed by atoms with Crippen LogP contribution in [-0.4, -0.2) is 29.5 Å². The predicted molar refractivity (Wildman–Crippen MR) is 142 cm³/mol. The van der Waals surface area contributed by atoms with E-state index in [4.69, 9.17) is 5.73 Å². The fourth-order valence-corrected chi connectivity index (χ4v) is 4.97. The summed E-state index contributed by atoms with van der Waals surface area (Å²) in [6.45, 7) is 2.00. The summed E-state index contributed by atoms with van der Waals surface area (Å²) in [6, 6.07) is 17.1. The van der Waals surface area contributed by atoms with Gasteiger partial charge in [-0.3, -0.25) is 9.36 Å². The van der Waals surface area contributed by atoms with Crippen LogP contribution in [0.5, 0.6) is 0 Å². The number of hydrogen-bond donors (Lipinski definition) is 2. The highest BCUT2D eigenvalue weighted by atomic mass is 32.1. The van der Waals surface area contributed by atoms with Crippen molar-refractivity contribution in [2.75, 3.05) is 11.1 Å². The van der Waals surface area contributed by atoms with Crippen molar-refractivity contribution in [2.24, 2.45) is 0 Å². The van der Waals surface area contributed by atoms with Crippen molar-refractivity contribution in [2.45, 2.75) is 13.0 Å². The Labute approximate surface area is 209 Å². The molecule has 0 bridgehead atoms. The van der Waals surface area contributed by atoms with Gasteiger partial charge < -0.3 is 11.1 Å². The third-order valence-corrected chi connectivity index (χ3v) is 6.74. The monoisotopic (exact) mass is 492 g/mol. The molecule has 0 saturated carbocycles. The average Bonchev–Trinajstić information content (AvgIpc) is 3.39. The van der Waals surface area contributed by atoms with E-state index in [1.54, 1.807) is 22.5 Å². The van der Waals surface area contributed by atoms with E-state index in [9.17, 15) is 4.79 Å². The van der Waals surface area contributed by atoms with Gasteiger partial charge in [-0.2, -0.15) is 0 Å². The van der Waals surface area contributed by atoms with Crippen LogP contribution in [-0.2, 0) is 0 Å². The molecule has 10 heteroatoms. The number of fused-ring (bicyclic) bond motifs is 2. The summed E-state index contributed by atoms with van der Waals surface area (Å²) < 4.78 is 1.74. The topological polar surface area (TPSA) is 124 Å². The molecule has 0 radical (unpaired) electrons. The Morgan fingerprint density at radius 3 is 2.58 bits per heavy atom. The van der Waals surface area contributed by atoms with Gasteiger partial charge in [-0.05, 0) is 36.1 Å². The van der Waals surface area contributed by atoms with Gasteiger partial charge in [0.2, 0.25) is 5.95 Å². The van der Waals surface area contributed by atoms with Gasteiger partial charge in [0.15, 0.2) is 5.82 Å². The first-order chi connectivity index (χ1) is 17.6. The third-order valence-electron chi connectivity index (χ3n) is 6.00. The summed E-state index contributed by atoms with van der Waals surface area (Å²) in [5, 5.41) is 4.83. The maximum Gasteiger partial charge on any atom is 0.263 e. The number of thiazole rings is 1. The Balaban J connectivity index is 1.57. The number of aromatic nitrogens is 6. The van der Waals surface area contributed by atoms with E-state index in [0.29, 0.717) is 16.7 Å². The molecule has 0 saturated heterocycles. The standard InChI is InChI=1S/C26H20N8OS/c1-15(33-23-22-24(31-13-30-23)36-14-32-22)20-10-16-6-5-9-19(17-11-28-26(27)29-12-17)21(16)25(35)34(20)18-7-3-2-4-8-18/h2-15H,1H3,(H2,27,28,29)(H,30,31,33)/t15-/m0/s1. The number of anilines is 2. The van der Waals surface area contributed by atoms with Crippen LogP contribution in [0.2, 0.25) is 0 Å². The molecule has 6 rings (SSSR count). The number of hydrogen-bond acceptors (Lipinski definition) is 9. The van der Waals surface area contributed by atoms with Crippen LogP contribution in [0.1, 0.15) is 18.7 Å². The van der Waals surface area contributed by atoms with Crippen molar-refractivity contribution in [3.63, 3.8) is 0 Å². The predicted octanol–water partition coefficient (Wildman–Crippen LogP) is 4.60. The molecule has 2 aromatic carbocycles. The SMILES string of the molecule is C[C@H](Nc1ncnc2scnc12)c1cc2cccc(-c3cnc(N)nc3)c2c(=O)n1-c1ccccc1. The van der Waals surface area contributed by atoms with E-state index in [2.05, 4.69) is 30.2 Å². The molecule has 0 aliphatic rings. The van der Waals surface area contributed by atoms with Crippen LogP contribution < -0.4 is 16.6 Å². The first kappa shape index (κ1) is 21.8. The number of nitrogens with one attached hydrogen (secondary N) is 1. The molecule has 0 aliphatic carbocycles. The molecular weight excluding hydrogens is 472 g/mol. The largest absolute Gasteiger partial charge is 0.368 e. The summed E-state index contributed by atoms with van der Waals surface area (Å²) in [7, 11) is 0. The van der Waals surface area contributed by atoms with Gasteiger partial charge in [-0.25, -0.2) is 24.9 Å². The molecule has 0 aliphatic heterocycles. The zero-order valence-corrected chi connectivity index (χ0v) is 20.0. The summed E-state index contributed by atoms with van der Waals surface area (Å²) in [5.74, 6) is 0.801. The second kappa shape index (κ2) is 8.82. The minimum absolute atomic E-state index is 0.142. The fourth-order valence-electron chi connectivity index (χ4n) is 4.34. The zero-order valence-electron chi connectivity index (χ0n) is 19.2. The molecule has 0 unspecified atom stereocenters. The van der Waals surface area contributed by atoms with Crippen molar-refractivity contribution < 1.29 is 0 Å². The Hall–Kier alpha value is -4.70. The Morgan fingerprint density at radius 1 is 0.972 bits per heavy atom. The molecular formula is C26H20N8OS. The smallest absolute Gasteiger partial charge is 0.263 e. The lowest BCUT2D eigenvalue weighted by molar-refractivity contribution is 0.774. The van der Waals surface area contributed by atoms with Gasteiger partial charge in [0.25, 0.3) is 5.56 Å². The van der Waals surface area contributed by atoms with E-state index in [-0.39, 0.29) is 17.5 Å². The Bertz CT molecular complexity index is 1760. The van der Waals surface area contributed by atoms with Crippen molar-refractivity contribution in [3.05, 3.63) is 94.9 Å². The average molecular weight is 493 g/mol. The van der Waals surface area contributed by atoms with E-state index in [1.165, 1.54) is 17.7 Å². The lowest BCUT2D eigenvalue weighted by atomic mass is 9.99. The van der Waals surface area contributed by atoms with Gasteiger partial charge in [-0.15, -0.1) is 11.3 Å². The third kappa shape index (κ3) is 3.73. The molecule has 6 aromatic rings. The van der Waals surface area contributed by atoms with Gasteiger partial charge in [0.05, 0.1) is 16.9 Å². The minimum atomic E-state index is -0.273. The number of nitrogen functional groups attached to an aromatic ring is 1. The Kier molecular flexibility index (Phi) is 5.34. The lowest BCUT2D eigenvalue weighted by Crippen LogP contribution is -2.26. The Morgan fingerprint density at radius 2 is 1.78 bits per heavy atom. The highest BCUT2D eigenvalue weighted by Crippen LogP contribution is 2.30. The van der Waals surface area contributed by atoms with E-state index in [0.717, 1.165) is 32.7 Å². The van der Waals surface area contributed by atoms with E-state index in [1.807, 2.05) is 61.5 Å². The number of nitrogens with zero attached hydrogens (tertiary/aromatic N) is 6. The highest BCUT2D eigenvalue weighted by Gasteiger charge is 2.20. The van der Waals surface area contributed by atoms with Crippen molar-refractivity contribution in [1.82, 2.24) is 29.5 Å². The summed E-state index contributed by atoms with van der Waals surface area (Å²) in [6.07, 6.45) is 4.78. The van der Waals surface area contributed by atoms with E-state index < -0.39 is 0 Å². The van der Waals surface area contributed by atoms with Crippen molar-refractivity contribution in [1.29, 1.82) is 0 Å². The van der Waals surface area contributed by atoms with E-state index >= 15 is 0 Å². The van der Waals surface area contributed by atoms with Gasteiger partial charge >= 0.3 is 0 Å². The van der Waals surface area contributed by atoms with Gasteiger partial charge in [0.1, 0.15) is 16.7 Å². The second-order valence-corrected chi connectivity index (χ2v) is 9.07. The van der Waals surface area contributed by atoms with Crippen molar-refractivity contribution in [3.8, 4) is 16.8 Å². The van der Waals surface area contributed by atoms with Crippen LogP contribution in [0.4, 0.5) is 11.8 Å². The summed E-state index contributed by atoms with van der Waals surface area (Å²) in [5.41, 5.74) is 11.0. The van der Waals surface area contributed by atoms with Crippen LogP contribution in [0.25, 0.3) is 37.9 Å². The van der Waals surface area contributed by atoms with Crippen LogP contribution in [0.15, 0.2) is 83.6 Å². The van der Waals surface area contributed by atoms with Crippen molar-refractivity contribution >= 4 is 44.2 Å². The minimum Gasteiger partial charge on any atom is -0.368 e. The van der Waals surface area contributed by atoms with Gasteiger partial charge in [0, 0.05) is 29.3 Å². The quantitative estimate of drug-likeness (QED) is 0.358. The molecule has 0 spiro atoms. The van der Waals surface area contributed by atoms with Crippen LogP contribution in [0, 0.1) is 0 Å². The maximum atomic E-state index is 14.2. The number of para-hydroxylation sites is 1. The van der Waals surface area contributed by atoms with Crippen LogP contribution >= 0.6 is 11.3 Å². The molecule has 36 heavy (non-hydrogen) atoms. The lowest BCUT2D eigenvalue weighted by Gasteiger charge is -2.22. The molecule has 0 fully saturated rings. The summed E-state index contributed by atoms with van der Waals surface area (Å²) in [4.78, 5) is 36.3. The fraction of sp³-hybridized carbons (Fsp3) is 0.0769. The number of pyridine rings is 1. The first-order valence-electron chi connectivity index (χ1n) is 11.2. The summed E-state index contributed by atoms with van der Waals surface area (Å²) >= 11 is 1.45. The molecule has 4 heterocycles.